The number of nitrogens with zero attached hydrogens (tertiary/aromatic N) is 9. The minimum Gasteiger partial charge on any atom is -0.461 e. The molecule has 0 amide bonds. The molecule has 12 heteroatoms. The Hall–Kier alpha value is -11.0. The second-order valence-corrected chi connectivity index (χ2v) is 35.2. The molecule has 0 fully saturated rings. The summed E-state index contributed by atoms with van der Waals surface area (Å²) in [5.41, 5.74) is 24.0. The number of fused-ring (bicyclic) bond motifs is 1. The van der Waals surface area contributed by atoms with Gasteiger partial charge in [-0.2, -0.15) is 0 Å². The van der Waals surface area contributed by atoms with Gasteiger partial charge < -0.3 is 28.9 Å². The molecule has 9 heterocycles. The van der Waals surface area contributed by atoms with E-state index in [1.807, 2.05) is 66.8 Å². The molecule has 12 nitrogen and oxygen atoms in total. The number of anilines is 3. The third kappa shape index (κ3) is 15.1. The molecule has 0 saturated carbocycles. The highest BCUT2D eigenvalue weighted by Crippen LogP contribution is 2.54. The molecule has 0 aromatic heterocycles. The first-order valence-electron chi connectivity index (χ1n) is 37.7. The van der Waals surface area contributed by atoms with Crippen molar-refractivity contribution in [3.63, 3.8) is 0 Å². The van der Waals surface area contributed by atoms with Crippen molar-refractivity contribution in [3.8, 4) is 24.0 Å². The molecule has 0 spiro atoms. The molecule has 107 heavy (non-hydrogen) atoms. The summed E-state index contributed by atoms with van der Waals surface area (Å²) in [6, 6.07) is 31.9. The van der Waals surface area contributed by atoms with Gasteiger partial charge in [0.1, 0.15) is 34.5 Å². The van der Waals surface area contributed by atoms with E-state index in [1.54, 1.807) is 18.2 Å². The van der Waals surface area contributed by atoms with E-state index in [0.717, 1.165) is 122 Å². The number of benzene rings is 5. The highest BCUT2D eigenvalue weighted by molar-refractivity contribution is 5.86. The van der Waals surface area contributed by atoms with Crippen LogP contribution in [0.2, 0.25) is 0 Å². The molecule has 5 aromatic rings. The molecule has 0 N–H and O–H groups in total. The van der Waals surface area contributed by atoms with Crippen molar-refractivity contribution in [1.29, 1.82) is 15.8 Å². The number of hydrogen-bond acceptors (Lipinski definition) is 9. The number of para-hydroxylation sites is 1. The molecule has 0 atom stereocenters. The summed E-state index contributed by atoms with van der Waals surface area (Å²) < 4.78 is 18.7. The molecule has 0 unspecified atom stereocenters. The Kier molecular flexibility index (Phi) is 20.3. The first kappa shape index (κ1) is 75.7. The van der Waals surface area contributed by atoms with Crippen LogP contribution in [0, 0.1) is 79.9 Å². The van der Waals surface area contributed by atoms with Gasteiger partial charge in [-0.25, -0.2) is 30.3 Å². The van der Waals surface area contributed by atoms with Crippen LogP contribution in [-0.4, -0.2) is 39.3 Å². The zero-order valence-corrected chi connectivity index (χ0v) is 66.0. The van der Waals surface area contributed by atoms with Gasteiger partial charge in [0.05, 0.1) is 37.9 Å². The first-order valence-corrected chi connectivity index (χ1v) is 37.7. The summed E-state index contributed by atoms with van der Waals surface area (Å²) >= 11 is 0. The summed E-state index contributed by atoms with van der Waals surface area (Å²) in [5, 5.41) is 28.5. The van der Waals surface area contributed by atoms with Crippen LogP contribution in [0.3, 0.4) is 0 Å². The topological polar surface area (TPSA) is 122 Å². The van der Waals surface area contributed by atoms with Gasteiger partial charge >= 0.3 is 0 Å². The number of nitriles is 3. The Balaban J connectivity index is 0.000000151. The average molecular weight is 1420 g/mol. The Morgan fingerprint density at radius 3 is 1.11 bits per heavy atom. The zero-order chi connectivity index (χ0) is 77.1. The molecule has 14 rings (SSSR count). The molecule has 5 aromatic carbocycles. The van der Waals surface area contributed by atoms with Gasteiger partial charge in [0.25, 0.3) is 17.1 Å². The fraction of sp³-hybridized carbons (Fsp3) is 0.389. The lowest BCUT2D eigenvalue weighted by molar-refractivity contribution is 0.223. The zero-order valence-electron chi connectivity index (χ0n) is 66.0. The number of ether oxygens (including phenoxy) is 3. The van der Waals surface area contributed by atoms with E-state index >= 15 is 0 Å². The maximum atomic E-state index is 9.63. The summed E-state index contributed by atoms with van der Waals surface area (Å²) in [7, 11) is 0. The van der Waals surface area contributed by atoms with E-state index in [1.165, 1.54) is 56.0 Å². The van der Waals surface area contributed by atoms with Gasteiger partial charge in [0, 0.05) is 78.4 Å². The van der Waals surface area contributed by atoms with E-state index in [4.69, 9.17) is 33.9 Å². The lowest BCUT2D eigenvalue weighted by Crippen LogP contribution is -2.44. The van der Waals surface area contributed by atoms with Gasteiger partial charge in [-0.05, 0) is 255 Å². The number of rotatable bonds is 7. The van der Waals surface area contributed by atoms with Crippen molar-refractivity contribution in [2.24, 2.45) is 5.41 Å². The molecule has 0 radical (unpaired) electrons. The second-order valence-electron chi connectivity index (χ2n) is 35.2. The lowest BCUT2D eigenvalue weighted by Gasteiger charge is -2.48. The third-order valence-corrected chi connectivity index (χ3v) is 23.5. The van der Waals surface area contributed by atoms with E-state index in [2.05, 4.69) is 227 Å². The summed E-state index contributed by atoms with van der Waals surface area (Å²) in [6.45, 7) is 69.7. The quantitative estimate of drug-likeness (QED) is 0.116. The smallest absolute Gasteiger partial charge is 0.269 e. The minimum atomic E-state index is -0.241. The van der Waals surface area contributed by atoms with Crippen molar-refractivity contribution < 1.29 is 14.2 Å². The van der Waals surface area contributed by atoms with Crippen molar-refractivity contribution in [1.82, 2.24) is 0 Å². The van der Waals surface area contributed by atoms with Crippen LogP contribution in [0.15, 0.2) is 173 Å². The number of aryl methyl sites for hydroxylation is 3. The molecule has 0 bridgehead atoms. The van der Waals surface area contributed by atoms with Gasteiger partial charge in [-0.3, -0.25) is 0 Å². The normalized spacial score (nSPS) is 21.0. The van der Waals surface area contributed by atoms with Crippen LogP contribution in [0.25, 0.3) is 44.1 Å². The van der Waals surface area contributed by atoms with Gasteiger partial charge in [0.2, 0.25) is 0 Å². The molecule has 0 saturated heterocycles. The standard InChI is InChI=1S/C35H37N3O.C30H29N3O.C30H35N3O/c1-22-15-23(2)32(24(3)16-22)31-20-26(30(21-36)37-8)19-27(39-31)10-9-25-17-28-33-29(18-25)35(6,7)12-14-38(33)13-11-34(28,4)5;1-29(2)12-14-33-15-13-30(3,4)25-17-20(16-24(29)28(25)33)10-11-21-18-23(26(19-31)32-5)22-8-6-7-9-27(22)34-21;1-28(2,3)26-18-21(25(19-31)32-8)17-22(34-26)10-9-20-15-23-27-24(16-20)30(6,7)12-14-33(27)13-11-29(23,4)5/h9-10,15-20H,11-14H2,1-7H3;6-11,16-18H,12-15H2,1-4H3;9-10,15-18H,11-14H2,1-7H3/b10-9+,30-26+;11-10+,26-23+;10-9+,25-21+. The van der Waals surface area contributed by atoms with E-state index in [9.17, 15) is 15.8 Å². The number of hydrogen-bond donors (Lipinski definition) is 0. The molecule has 9 aliphatic heterocycles. The van der Waals surface area contributed by atoms with Crippen molar-refractivity contribution in [2.75, 3.05) is 54.0 Å². The minimum absolute atomic E-state index is 0.0610. The van der Waals surface area contributed by atoms with Crippen LogP contribution in [-0.2, 0) is 42.0 Å². The van der Waals surface area contributed by atoms with E-state index < -0.39 is 0 Å². The second kappa shape index (κ2) is 28.7. The summed E-state index contributed by atoms with van der Waals surface area (Å²) in [6.07, 6.45) is 28.1. The monoisotopic (exact) mass is 1420 g/mol. The van der Waals surface area contributed by atoms with Crippen LogP contribution < -0.4 is 19.4 Å². The first-order chi connectivity index (χ1) is 50.5. The highest BCUT2D eigenvalue weighted by atomic mass is 16.5. The fourth-order valence-electron chi connectivity index (χ4n) is 16.6. The largest absolute Gasteiger partial charge is 0.461 e. The van der Waals surface area contributed by atoms with Gasteiger partial charge in [-0.15, -0.1) is 0 Å². The maximum Gasteiger partial charge on any atom is 0.269 e. The predicted molar refractivity (Wildman–Crippen MR) is 436 cm³/mol. The molecular formula is C95H101N9O3. The average Bonchev–Trinajstić information content (AvgIpc) is 0.739. The van der Waals surface area contributed by atoms with Crippen LogP contribution >= 0.6 is 0 Å². The van der Waals surface area contributed by atoms with Crippen LogP contribution in [0.1, 0.15) is 220 Å². The molecule has 9 aliphatic rings. The third-order valence-electron chi connectivity index (χ3n) is 23.5. The maximum absolute atomic E-state index is 9.63. The molecular weight excluding hydrogens is 1320 g/mol. The van der Waals surface area contributed by atoms with E-state index in [0.29, 0.717) is 45.5 Å². The van der Waals surface area contributed by atoms with Crippen LogP contribution in [0.5, 0.6) is 5.75 Å². The predicted octanol–water partition coefficient (Wildman–Crippen LogP) is 22.9. The Morgan fingerprint density at radius 1 is 0.430 bits per heavy atom. The Morgan fingerprint density at radius 2 is 0.766 bits per heavy atom. The Bertz CT molecular complexity index is 5000. The highest BCUT2D eigenvalue weighted by Gasteiger charge is 2.44. The van der Waals surface area contributed by atoms with Crippen molar-refractivity contribution >= 4 is 46.6 Å². The van der Waals surface area contributed by atoms with Crippen molar-refractivity contribution in [3.05, 3.63) is 285 Å². The Labute approximate surface area is 636 Å². The molecule has 0 aliphatic carbocycles. The fourth-order valence-corrected chi connectivity index (χ4v) is 16.6. The lowest BCUT2D eigenvalue weighted by atomic mass is 9.69. The van der Waals surface area contributed by atoms with E-state index in [-0.39, 0.29) is 55.0 Å². The van der Waals surface area contributed by atoms with Crippen LogP contribution in [0.4, 0.5) is 17.1 Å². The van der Waals surface area contributed by atoms with Crippen molar-refractivity contribution in [2.45, 2.75) is 196 Å². The molecule has 544 valence electrons. The van der Waals surface area contributed by atoms with Gasteiger partial charge in [0.15, 0.2) is 0 Å². The SMILES string of the molecule is [C-]#[N+]/C(C#N)=C1C=C(/C=C/c2cc3c4c(c2)C(C)(C)CCN4CCC3(C)C)OC(C(C)(C)C)=C\1.[C-]#[N+]/C(C#N)=C1C=C(/C=C/c2cc3c4c(c2)C(C)(C)CCN4CCC3(C)C)OC(c2c(C)cc(C)cc2C)=C\1.[C-]#[N+]\C(C#N)=C1/C=C(/C=C/c2cc3c4c(c2)C(C)(C)CCN4CCC3(C)C)Oc2ccccc21. The number of allylic oxidation sites excluding steroid dienone is 15. The summed E-state index contributed by atoms with van der Waals surface area (Å²) in [5.74, 6) is 3.96. The summed E-state index contributed by atoms with van der Waals surface area (Å²) in [4.78, 5) is 18.1. The van der Waals surface area contributed by atoms with Gasteiger partial charge in [-0.1, -0.05) is 158 Å².